The van der Waals surface area contributed by atoms with E-state index in [4.69, 9.17) is 9.47 Å². The first-order valence-electron chi connectivity index (χ1n) is 8.84. The lowest BCUT2D eigenvalue weighted by molar-refractivity contribution is 0.178. The maximum Gasteiger partial charge on any atom is 0.191 e. The van der Waals surface area contributed by atoms with E-state index in [0.717, 1.165) is 36.1 Å². The topological polar surface area (TPSA) is 58.1 Å². The van der Waals surface area contributed by atoms with Crippen molar-refractivity contribution in [2.45, 2.75) is 46.3 Å². The third-order valence-corrected chi connectivity index (χ3v) is 4.15. The zero-order valence-electron chi connectivity index (χ0n) is 17.1. The molecule has 0 unspecified atom stereocenters. The molecule has 1 aromatic rings. The molecular formula is C19H35IN4O2. The number of hydrogen-bond acceptors (Lipinski definition) is 4. The van der Waals surface area contributed by atoms with Crippen LogP contribution in [0.25, 0.3) is 0 Å². The molecule has 0 radical (unpaired) electrons. The summed E-state index contributed by atoms with van der Waals surface area (Å²) in [7, 11) is 5.09. The summed E-state index contributed by atoms with van der Waals surface area (Å²) in [6.45, 7) is 11.3. The molecule has 0 bridgehead atoms. The SMILES string of the molecule is CN=C(NCCN(C(C)C)C(C)C)NCc1ccc(OC)cc1OC.I. The van der Waals surface area contributed by atoms with Crippen LogP contribution < -0.4 is 20.1 Å². The van der Waals surface area contributed by atoms with Crippen molar-refractivity contribution in [1.29, 1.82) is 0 Å². The zero-order chi connectivity index (χ0) is 18.8. The van der Waals surface area contributed by atoms with Gasteiger partial charge in [-0.05, 0) is 39.8 Å². The van der Waals surface area contributed by atoms with Gasteiger partial charge in [0.25, 0.3) is 0 Å². The van der Waals surface area contributed by atoms with Gasteiger partial charge < -0.3 is 20.1 Å². The molecule has 2 N–H and O–H groups in total. The second kappa shape index (κ2) is 13.0. The van der Waals surface area contributed by atoms with Gasteiger partial charge in [0, 0.05) is 50.4 Å². The number of nitrogens with zero attached hydrogens (tertiary/aromatic N) is 2. The number of ether oxygens (including phenoxy) is 2. The first kappa shape index (κ1) is 24.8. The molecule has 7 heteroatoms. The average molecular weight is 478 g/mol. The monoisotopic (exact) mass is 478 g/mol. The van der Waals surface area contributed by atoms with Crippen LogP contribution in [-0.2, 0) is 6.54 Å². The van der Waals surface area contributed by atoms with Gasteiger partial charge >= 0.3 is 0 Å². The van der Waals surface area contributed by atoms with E-state index in [1.807, 2.05) is 18.2 Å². The summed E-state index contributed by atoms with van der Waals surface area (Å²) in [6.07, 6.45) is 0. The third kappa shape index (κ3) is 7.99. The van der Waals surface area contributed by atoms with Gasteiger partial charge in [-0.1, -0.05) is 0 Å². The molecule has 1 aromatic carbocycles. The summed E-state index contributed by atoms with van der Waals surface area (Å²) in [6, 6.07) is 6.87. The van der Waals surface area contributed by atoms with E-state index in [0.29, 0.717) is 18.6 Å². The molecule has 0 saturated heterocycles. The predicted molar refractivity (Wildman–Crippen MR) is 120 cm³/mol. The van der Waals surface area contributed by atoms with Gasteiger partial charge in [0.05, 0.1) is 14.2 Å². The van der Waals surface area contributed by atoms with Crippen LogP contribution in [0.15, 0.2) is 23.2 Å². The maximum absolute atomic E-state index is 5.43. The van der Waals surface area contributed by atoms with Crippen molar-refractivity contribution in [3.63, 3.8) is 0 Å². The Morgan fingerprint density at radius 3 is 2.23 bits per heavy atom. The molecule has 150 valence electrons. The van der Waals surface area contributed by atoms with E-state index in [-0.39, 0.29) is 24.0 Å². The molecule has 0 amide bonds. The molecule has 26 heavy (non-hydrogen) atoms. The van der Waals surface area contributed by atoms with E-state index in [9.17, 15) is 0 Å². The standard InChI is InChI=1S/C19H34N4O2.HI/c1-14(2)23(15(3)4)11-10-21-19(20-5)22-13-16-8-9-17(24-6)12-18(16)25-7;/h8-9,12,14-15H,10-11,13H2,1-7H3,(H2,20,21,22);1H. The summed E-state index contributed by atoms with van der Waals surface area (Å²) in [5, 5.41) is 6.70. The highest BCUT2D eigenvalue weighted by Gasteiger charge is 2.13. The predicted octanol–water partition coefficient (Wildman–Crippen LogP) is 3.11. The van der Waals surface area contributed by atoms with Gasteiger partial charge in [0.1, 0.15) is 11.5 Å². The summed E-state index contributed by atoms with van der Waals surface area (Å²) in [5.41, 5.74) is 1.05. The van der Waals surface area contributed by atoms with Crippen molar-refractivity contribution in [2.75, 3.05) is 34.4 Å². The van der Waals surface area contributed by atoms with E-state index in [2.05, 4.69) is 48.2 Å². The van der Waals surface area contributed by atoms with Crippen molar-refractivity contribution in [1.82, 2.24) is 15.5 Å². The minimum Gasteiger partial charge on any atom is -0.497 e. The number of benzene rings is 1. The summed E-state index contributed by atoms with van der Waals surface area (Å²) >= 11 is 0. The van der Waals surface area contributed by atoms with Crippen LogP contribution in [0.2, 0.25) is 0 Å². The Morgan fingerprint density at radius 2 is 1.73 bits per heavy atom. The highest BCUT2D eigenvalue weighted by Crippen LogP contribution is 2.24. The minimum absolute atomic E-state index is 0. The third-order valence-electron chi connectivity index (χ3n) is 4.15. The van der Waals surface area contributed by atoms with Crippen molar-refractivity contribution in [3.05, 3.63) is 23.8 Å². The van der Waals surface area contributed by atoms with E-state index >= 15 is 0 Å². The first-order valence-corrected chi connectivity index (χ1v) is 8.84. The Kier molecular flexibility index (Phi) is 12.4. The number of methoxy groups -OCH3 is 2. The molecule has 0 aliphatic carbocycles. The van der Waals surface area contributed by atoms with E-state index in [1.165, 1.54) is 0 Å². The fourth-order valence-corrected chi connectivity index (χ4v) is 2.81. The van der Waals surface area contributed by atoms with Crippen molar-refractivity contribution in [2.24, 2.45) is 4.99 Å². The maximum atomic E-state index is 5.43. The first-order chi connectivity index (χ1) is 11.9. The smallest absolute Gasteiger partial charge is 0.191 e. The molecule has 0 spiro atoms. The van der Waals surface area contributed by atoms with Crippen LogP contribution in [0, 0.1) is 0 Å². The number of halogens is 1. The van der Waals surface area contributed by atoms with Gasteiger partial charge in [-0.3, -0.25) is 9.89 Å². The fourth-order valence-electron chi connectivity index (χ4n) is 2.81. The highest BCUT2D eigenvalue weighted by atomic mass is 127. The van der Waals surface area contributed by atoms with Crippen molar-refractivity contribution in [3.8, 4) is 11.5 Å². The number of guanidine groups is 1. The average Bonchev–Trinajstić information content (AvgIpc) is 2.60. The van der Waals surface area contributed by atoms with Gasteiger partial charge in [-0.25, -0.2) is 0 Å². The van der Waals surface area contributed by atoms with Crippen LogP contribution in [0.4, 0.5) is 0 Å². The molecular weight excluding hydrogens is 443 g/mol. The lowest BCUT2D eigenvalue weighted by Crippen LogP contribution is -2.45. The molecule has 0 aliphatic rings. The Labute approximate surface area is 175 Å². The molecule has 0 heterocycles. The van der Waals surface area contributed by atoms with Crippen LogP contribution in [0.3, 0.4) is 0 Å². The van der Waals surface area contributed by atoms with E-state index < -0.39 is 0 Å². The molecule has 1 rings (SSSR count). The lowest BCUT2D eigenvalue weighted by atomic mass is 10.2. The van der Waals surface area contributed by atoms with Crippen molar-refractivity contribution >= 4 is 29.9 Å². The number of aliphatic imine (C=N–C) groups is 1. The Balaban J connectivity index is 0.00000625. The molecule has 6 nitrogen and oxygen atoms in total. The second-order valence-corrected chi connectivity index (χ2v) is 6.46. The molecule has 0 atom stereocenters. The summed E-state index contributed by atoms with van der Waals surface area (Å²) < 4.78 is 10.7. The van der Waals surface area contributed by atoms with Crippen LogP contribution >= 0.6 is 24.0 Å². The fraction of sp³-hybridized carbons (Fsp3) is 0.632. The summed E-state index contributed by atoms with van der Waals surface area (Å²) in [5.74, 6) is 2.36. The largest absolute Gasteiger partial charge is 0.497 e. The summed E-state index contributed by atoms with van der Waals surface area (Å²) in [4.78, 5) is 6.74. The van der Waals surface area contributed by atoms with Crippen molar-refractivity contribution < 1.29 is 9.47 Å². The quantitative estimate of drug-likeness (QED) is 0.325. The van der Waals surface area contributed by atoms with Gasteiger partial charge in [0.15, 0.2) is 5.96 Å². The van der Waals surface area contributed by atoms with E-state index in [1.54, 1.807) is 21.3 Å². The Bertz CT molecular complexity index is 542. The van der Waals surface area contributed by atoms with Gasteiger partial charge in [0.2, 0.25) is 0 Å². The minimum atomic E-state index is 0. The normalized spacial score (nSPS) is 11.5. The van der Waals surface area contributed by atoms with Crippen LogP contribution in [-0.4, -0.2) is 57.3 Å². The van der Waals surface area contributed by atoms with Crippen LogP contribution in [0.5, 0.6) is 11.5 Å². The number of nitrogens with one attached hydrogen (secondary N) is 2. The Hall–Kier alpha value is -1.22. The lowest BCUT2D eigenvalue weighted by Gasteiger charge is -2.30. The molecule has 0 aromatic heterocycles. The Morgan fingerprint density at radius 1 is 1.08 bits per heavy atom. The molecule has 0 aliphatic heterocycles. The molecule has 0 saturated carbocycles. The second-order valence-electron chi connectivity index (χ2n) is 6.46. The zero-order valence-corrected chi connectivity index (χ0v) is 19.5. The number of rotatable bonds is 9. The number of hydrogen-bond donors (Lipinski definition) is 2. The van der Waals surface area contributed by atoms with Gasteiger partial charge in [-0.15, -0.1) is 24.0 Å². The van der Waals surface area contributed by atoms with Gasteiger partial charge in [-0.2, -0.15) is 0 Å². The molecule has 0 fully saturated rings. The highest BCUT2D eigenvalue weighted by molar-refractivity contribution is 14.0. The van der Waals surface area contributed by atoms with Crippen LogP contribution in [0.1, 0.15) is 33.3 Å².